The smallest absolute Gasteiger partial charge is 0.323 e. The molecule has 1 aromatic rings. The molecule has 4 radical (unpaired) electrons. The molecule has 8 heteroatoms. The van der Waals surface area contributed by atoms with Gasteiger partial charge in [-0.05, 0) is 12.0 Å². The van der Waals surface area contributed by atoms with Crippen molar-refractivity contribution in [3.05, 3.63) is 29.6 Å². The second-order valence-corrected chi connectivity index (χ2v) is 7.22. The molecule has 6 nitrogen and oxygen atoms in total. The van der Waals surface area contributed by atoms with Gasteiger partial charge >= 0.3 is 11.6 Å². The molecule has 2 saturated heterocycles. The van der Waals surface area contributed by atoms with Crippen LogP contribution in [0.2, 0.25) is 0 Å². The van der Waals surface area contributed by atoms with E-state index < -0.39 is 5.34 Å². The first kappa shape index (κ1) is 25.5. The maximum atomic E-state index is 12.8. The summed E-state index contributed by atoms with van der Waals surface area (Å²) in [5, 5.41) is -1.19. The summed E-state index contributed by atoms with van der Waals surface area (Å²) in [6.07, 6.45) is 1.25. The van der Waals surface area contributed by atoms with E-state index in [-0.39, 0.29) is 5.91 Å². The Kier molecular flexibility index (Phi) is 10.8. The van der Waals surface area contributed by atoms with Gasteiger partial charge in [0, 0.05) is 48.4 Å². The van der Waals surface area contributed by atoms with Crippen molar-refractivity contribution in [2.24, 2.45) is 5.92 Å². The SMILES string of the molecule is CC.CCC.[B]C([B])(c1cccc(C(=O)N2CCOCC2)[n+]1OC)N1CC(C)C1. The number of likely N-dealkylation sites (tertiary alicyclic amines) is 1. The van der Waals surface area contributed by atoms with Crippen LogP contribution < -0.4 is 9.57 Å². The number of hydrogen-bond acceptors (Lipinski definition) is 4. The molecule has 0 atom stereocenters. The zero-order chi connectivity index (χ0) is 22.0. The molecule has 3 rings (SSSR count). The maximum absolute atomic E-state index is 12.8. The van der Waals surface area contributed by atoms with Crippen LogP contribution in [-0.4, -0.2) is 77.9 Å². The summed E-state index contributed by atoms with van der Waals surface area (Å²) in [5.74, 6) is 0.445. The highest BCUT2D eigenvalue weighted by Gasteiger charge is 2.43. The van der Waals surface area contributed by atoms with Crippen molar-refractivity contribution in [3.63, 3.8) is 0 Å². The number of carbonyl (C=O) groups is 1. The van der Waals surface area contributed by atoms with E-state index >= 15 is 0 Å². The highest BCUT2D eigenvalue weighted by atomic mass is 16.6. The Bertz CT molecular complexity index is 632. The Balaban J connectivity index is 0.000000771. The van der Waals surface area contributed by atoms with Gasteiger partial charge in [0.2, 0.25) is 5.69 Å². The molecule has 2 fully saturated rings. The summed E-state index contributed by atoms with van der Waals surface area (Å²) < 4.78 is 6.75. The number of morpholine rings is 1. The second kappa shape index (κ2) is 12.2. The summed E-state index contributed by atoms with van der Waals surface area (Å²) in [6, 6.07) is 5.30. The minimum absolute atomic E-state index is 0.116. The normalized spacial score (nSPS) is 17.2. The highest BCUT2D eigenvalue weighted by Crippen LogP contribution is 2.28. The lowest BCUT2D eigenvalue weighted by atomic mass is 9.57. The molecule has 0 bridgehead atoms. The van der Waals surface area contributed by atoms with Gasteiger partial charge < -0.3 is 14.5 Å². The molecule has 0 aliphatic carbocycles. The average molecular weight is 400 g/mol. The lowest BCUT2D eigenvalue weighted by Gasteiger charge is -2.47. The van der Waals surface area contributed by atoms with Crippen molar-refractivity contribution in [3.8, 4) is 0 Å². The van der Waals surface area contributed by atoms with E-state index in [1.807, 2.05) is 18.7 Å². The molecule has 2 aliphatic heterocycles. The predicted molar refractivity (Wildman–Crippen MR) is 117 cm³/mol. The quantitative estimate of drug-likeness (QED) is 0.566. The topological polar surface area (TPSA) is 45.9 Å². The summed E-state index contributed by atoms with van der Waals surface area (Å²) in [6.45, 7) is 14.2. The molecule has 3 heterocycles. The molecule has 0 saturated carbocycles. The largest absolute Gasteiger partial charge is 0.378 e. The van der Waals surface area contributed by atoms with Crippen LogP contribution in [0.15, 0.2) is 18.2 Å². The Morgan fingerprint density at radius 2 is 1.79 bits per heavy atom. The van der Waals surface area contributed by atoms with Crippen LogP contribution in [0.5, 0.6) is 0 Å². The van der Waals surface area contributed by atoms with Gasteiger partial charge in [0.15, 0.2) is 0 Å². The van der Waals surface area contributed by atoms with Crippen LogP contribution in [0, 0.1) is 5.92 Å². The molecule has 29 heavy (non-hydrogen) atoms. The van der Waals surface area contributed by atoms with Gasteiger partial charge in [-0.25, -0.2) is 0 Å². The Hall–Kier alpha value is -1.53. The summed E-state index contributed by atoms with van der Waals surface area (Å²) in [5.41, 5.74) is 0.960. The van der Waals surface area contributed by atoms with Crippen LogP contribution in [-0.2, 0) is 10.1 Å². The average Bonchev–Trinajstić information content (AvgIpc) is 2.73. The Morgan fingerprint density at radius 1 is 1.24 bits per heavy atom. The standard InChI is InChI=1S/C16H22B2N3O3.C3H8.C2H6/c1-12-10-20(11-12)16(17,18)14-5-3-4-13(21(14)23-2)15(22)19-6-8-24-9-7-19;1-3-2;1-2/h3-5,12H,6-11H2,1-2H3;3H2,1-2H3;1-2H3/q+1;;. The molecule has 1 amide bonds. The molecule has 0 spiro atoms. The first-order valence-electron chi connectivity index (χ1n) is 10.7. The fourth-order valence-corrected chi connectivity index (χ4v) is 3.24. The zero-order valence-electron chi connectivity index (χ0n) is 19.0. The van der Waals surface area contributed by atoms with Gasteiger partial charge in [-0.1, -0.05) is 41.0 Å². The van der Waals surface area contributed by atoms with Crippen molar-refractivity contribution in [2.45, 2.75) is 46.4 Å². The van der Waals surface area contributed by atoms with Crippen molar-refractivity contribution in [1.82, 2.24) is 9.80 Å². The molecular weight excluding hydrogens is 364 g/mol. The minimum Gasteiger partial charge on any atom is -0.378 e. The Labute approximate surface area is 179 Å². The third-order valence-corrected chi connectivity index (χ3v) is 4.64. The molecule has 0 unspecified atom stereocenters. The fourth-order valence-electron chi connectivity index (χ4n) is 3.24. The first-order valence-corrected chi connectivity index (χ1v) is 10.7. The maximum Gasteiger partial charge on any atom is 0.323 e. The van der Waals surface area contributed by atoms with E-state index in [1.165, 1.54) is 18.3 Å². The van der Waals surface area contributed by atoms with Crippen molar-refractivity contribution in [2.75, 3.05) is 46.5 Å². The third-order valence-electron chi connectivity index (χ3n) is 4.64. The van der Waals surface area contributed by atoms with Gasteiger partial charge in [0.25, 0.3) is 0 Å². The van der Waals surface area contributed by atoms with Crippen LogP contribution >= 0.6 is 0 Å². The summed E-state index contributed by atoms with van der Waals surface area (Å²) in [7, 11) is 14.3. The Morgan fingerprint density at radius 3 is 2.28 bits per heavy atom. The van der Waals surface area contributed by atoms with E-state index in [4.69, 9.17) is 25.3 Å². The van der Waals surface area contributed by atoms with E-state index in [2.05, 4.69) is 20.8 Å². The van der Waals surface area contributed by atoms with Gasteiger partial charge in [0.05, 0.1) is 28.9 Å². The number of amides is 1. The van der Waals surface area contributed by atoms with Gasteiger partial charge in [-0.2, -0.15) is 0 Å². The second-order valence-electron chi connectivity index (χ2n) is 7.22. The number of nitrogens with zero attached hydrogens (tertiary/aromatic N) is 3. The number of ether oxygens (including phenoxy) is 1. The van der Waals surface area contributed by atoms with Gasteiger partial charge in [-0.15, -0.1) is 0 Å². The van der Waals surface area contributed by atoms with Crippen molar-refractivity contribution in [1.29, 1.82) is 0 Å². The van der Waals surface area contributed by atoms with Crippen LogP contribution in [0.1, 0.15) is 57.2 Å². The van der Waals surface area contributed by atoms with Crippen LogP contribution in [0.25, 0.3) is 0 Å². The third kappa shape index (κ3) is 6.22. The van der Waals surface area contributed by atoms with Gasteiger partial charge in [-0.3, -0.25) is 9.63 Å². The number of pyridine rings is 1. The number of hydrogen-bond donors (Lipinski definition) is 0. The zero-order valence-corrected chi connectivity index (χ0v) is 19.0. The lowest BCUT2D eigenvalue weighted by Crippen LogP contribution is -2.65. The van der Waals surface area contributed by atoms with Gasteiger partial charge in [0.1, 0.15) is 7.11 Å². The predicted octanol–water partition coefficient (Wildman–Crippen LogP) is 1.35. The molecule has 0 aromatic carbocycles. The molecule has 0 N–H and O–H groups in total. The monoisotopic (exact) mass is 400 g/mol. The van der Waals surface area contributed by atoms with E-state index in [9.17, 15) is 4.79 Å². The molecule has 1 aromatic heterocycles. The molecule has 158 valence electrons. The minimum atomic E-state index is -1.19. The lowest BCUT2D eigenvalue weighted by molar-refractivity contribution is -0.893. The van der Waals surface area contributed by atoms with E-state index in [0.717, 1.165) is 13.1 Å². The van der Waals surface area contributed by atoms with Crippen molar-refractivity contribution >= 4 is 21.6 Å². The summed E-state index contributed by atoms with van der Waals surface area (Å²) >= 11 is 0. The first-order chi connectivity index (χ1) is 13.9. The van der Waals surface area contributed by atoms with Crippen molar-refractivity contribution < 1.29 is 19.1 Å². The fraction of sp³-hybridized carbons (Fsp3) is 0.714. The number of aromatic nitrogens is 1. The number of carbonyl (C=O) groups excluding carboxylic acids is 1. The van der Waals surface area contributed by atoms with Crippen LogP contribution in [0.3, 0.4) is 0 Å². The van der Waals surface area contributed by atoms with E-state index in [0.29, 0.717) is 43.6 Å². The molecule has 2 aliphatic rings. The van der Waals surface area contributed by atoms with E-state index in [1.54, 1.807) is 23.1 Å². The molecular formula is C21H36B2N3O3+. The summed E-state index contributed by atoms with van der Waals surface area (Å²) in [4.78, 5) is 22.0. The van der Waals surface area contributed by atoms with Crippen LogP contribution in [0.4, 0.5) is 0 Å². The number of rotatable bonds is 4. The highest BCUT2D eigenvalue weighted by molar-refractivity contribution is 6.39.